The van der Waals surface area contributed by atoms with E-state index in [9.17, 15) is 4.79 Å². The Balaban J connectivity index is 2.24. The molecule has 1 heterocycles. The number of nitrogens with zero attached hydrogens (tertiary/aromatic N) is 2. The van der Waals surface area contributed by atoms with E-state index in [1.54, 1.807) is 4.68 Å². The molecular weight excluding hydrogens is 304 g/mol. The van der Waals surface area contributed by atoms with Gasteiger partial charge < -0.3 is 0 Å². The molecule has 0 amide bonds. The summed E-state index contributed by atoms with van der Waals surface area (Å²) in [5.74, 6) is 0.117. The Morgan fingerprint density at radius 2 is 1.95 bits per heavy atom. The molecule has 0 bridgehead atoms. The number of halogens is 1. The molecule has 0 radical (unpaired) electrons. The molecule has 100 valence electrons. The van der Waals surface area contributed by atoms with Crippen LogP contribution in [0.1, 0.15) is 34.2 Å². The van der Waals surface area contributed by atoms with Gasteiger partial charge in [0.1, 0.15) is 0 Å². The van der Waals surface area contributed by atoms with Crippen LogP contribution in [0.25, 0.3) is 0 Å². The maximum absolute atomic E-state index is 12.3. The lowest BCUT2D eigenvalue weighted by atomic mass is 10.0. The fraction of sp³-hybridized carbons (Fsp3) is 0.333. The van der Waals surface area contributed by atoms with Crippen LogP contribution in [0, 0.1) is 6.92 Å². The summed E-state index contributed by atoms with van der Waals surface area (Å²) in [5, 5.41) is 4.41. The molecule has 0 aliphatic carbocycles. The third-order valence-corrected chi connectivity index (χ3v) is 4.12. The number of rotatable bonds is 4. The molecule has 0 fully saturated rings. The number of aromatic nitrogens is 2. The summed E-state index contributed by atoms with van der Waals surface area (Å²) in [6.07, 6.45) is 1.22. The highest BCUT2D eigenvalue weighted by Gasteiger charge is 2.16. The van der Waals surface area contributed by atoms with E-state index in [1.165, 1.54) is 0 Å². The number of aryl methyl sites for hydroxylation is 3. The molecular formula is C15H17BrN2O. The number of ketones is 1. The fourth-order valence-electron chi connectivity index (χ4n) is 2.01. The fourth-order valence-corrected chi connectivity index (χ4v) is 2.76. The molecule has 2 rings (SSSR count). The zero-order chi connectivity index (χ0) is 14.0. The molecule has 0 saturated heterocycles. The van der Waals surface area contributed by atoms with Gasteiger partial charge in [-0.2, -0.15) is 5.10 Å². The minimum Gasteiger partial charge on any atom is -0.294 e. The van der Waals surface area contributed by atoms with Gasteiger partial charge >= 0.3 is 0 Å². The first-order valence-electron chi connectivity index (χ1n) is 6.33. The van der Waals surface area contributed by atoms with Crippen LogP contribution < -0.4 is 0 Å². The maximum atomic E-state index is 12.3. The Bertz CT molecular complexity index is 599. The van der Waals surface area contributed by atoms with Gasteiger partial charge in [0.25, 0.3) is 0 Å². The lowest BCUT2D eigenvalue weighted by molar-refractivity contribution is 0.0990. The second-order valence-electron chi connectivity index (χ2n) is 4.65. The maximum Gasteiger partial charge on any atom is 0.168 e. The Morgan fingerprint density at radius 1 is 1.32 bits per heavy atom. The van der Waals surface area contributed by atoms with Gasteiger partial charge in [0.2, 0.25) is 0 Å². The molecule has 0 aliphatic heterocycles. The molecule has 0 saturated carbocycles. The van der Waals surface area contributed by atoms with E-state index in [-0.39, 0.29) is 5.78 Å². The lowest BCUT2D eigenvalue weighted by Crippen LogP contribution is -2.08. The van der Waals surface area contributed by atoms with Crippen molar-refractivity contribution in [3.63, 3.8) is 0 Å². The molecule has 0 N–H and O–H groups in total. The largest absolute Gasteiger partial charge is 0.294 e. The normalized spacial score (nSPS) is 10.7. The highest BCUT2D eigenvalue weighted by molar-refractivity contribution is 9.10. The quantitative estimate of drug-likeness (QED) is 0.808. The predicted molar refractivity (Wildman–Crippen MR) is 79.5 cm³/mol. The molecule has 1 aromatic carbocycles. The van der Waals surface area contributed by atoms with Gasteiger partial charge in [0, 0.05) is 12.6 Å². The predicted octanol–water partition coefficient (Wildman–Crippen LogP) is 3.48. The second kappa shape index (κ2) is 5.70. The number of carbonyl (C=O) groups is 1. The van der Waals surface area contributed by atoms with Crippen molar-refractivity contribution in [2.24, 2.45) is 7.05 Å². The molecule has 1 aromatic heterocycles. The Labute approximate surface area is 121 Å². The summed E-state index contributed by atoms with van der Waals surface area (Å²) in [7, 11) is 1.88. The van der Waals surface area contributed by atoms with E-state index in [2.05, 4.69) is 28.0 Å². The van der Waals surface area contributed by atoms with Crippen LogP contribution in [0.4, 0.5) is 0 Å². The lowest BCUT2D eigenvalue weighted by Gasteiger charge is -2.03. The SMILES string of the molecule is CCc1nn(C)c(CC(=O)c2ccc(C)cc2)c1Br. The summed E-state index contributed by atoms with van der Waals surface area (Å²) in [4.78, 5) is 12.3. The van der Waals surface area contributed by atoms with Crippen LogP contribution in [0.15, 0.2) is 28.7 Å². The monoisotopic (exact) mass is 320 g/mol. The number of hydrogen-bond acceptors (Lipinski definition) is 2. The Morgan fingerprint density at radius 3 is 2.47 bits per heavy atom. The second-order valence-corrected chi connectivity index (χ2v) is 5.44. The molecule has 0 spiro atoms. The smallest absolute Gasteiger partial charge is 0.168 e. The highest BCUT2D eigenvalue weighted by Crippen LogP contribution is 2.23. The first-order valence-corrected chi connectivity index (χ1v) is 7.12. The van der Waals surface area contributed by atoms with Gasteiger partial charge in [-0.05, 0) is 29.3 Å². The van der Waals surface area contributed by atoms with E-state index in [0.717, 1.165) is 33.4 Å². The summed E-state index contributed by atoms with van der Waals surface area (Å²) < 4.78 is 2.74. The van der Waals surface area contributed by atoms with E-state index in [4.69, 9.17) is 0 Å². The highest BCUT2D eigenvalue weighted by atomic mass is 79.9. The van der Waals surface area contributed by atoms with Crippen molar-refractivity contribution in [1.29, 1.82) is 0 Å². The molecule has 0 atom stereocenters. The van der Waals surface area contributed by atoms with E-state index in [0.29, 0.717) is 6.42 Å². The van der Waals surface area contributed by atoms with Crippen molar-refractivity contribution >= 4 is 21.7 Å². The van der Waals surface area contributed by atoms with Crippen LogP contribution in [0.5, 0.6) is 0 Å². The van der Waals surface area contributed by atoms with Crippen molar-refractivity contribution in [3.8, 4) is 0 Å². The molecule has 4 heteroatoms. The van der Waals surface area contributed by atoms with E-state index >= 15 is 0 Å². The average molecular weight is 321 g/mol. The number of benzene rings is 1. The van der Waals surface area contributed by atoms with Gasteiger partial charge in [-0.1, -0.05) is 36.8 Å². The van der Waals surface area contributed by atoms with Gasteiger partial charge in [-0.25, -0.2) is 0 Å². The topological polar surface area (TPSA) is 34.9 Å². The zero-order valence-corrected chi connectivity index (χ0v) is 13.0. The minimum atomic E-state index is 0.117. The minimum absolute atomic E-state index is 0.117. The number of hydrogen-bond donors (Lipinski definition) is 0. The van der Waals surface area contributed by atoms with Crippen molar-refractivity contribution in [2.75, 3.05) is 0 Å². The summed E-state index contributed by atoms with van der Waals surface area (Å²) in [6.45, 7) is 4.07. The summed E-state index contributed by atoms with van der Waals surface area (Å²) in [6, 6.07) is 7.68. The standard InChI is InChI=1S/C15H17BrN2O/c1-4-12-15(16)13(18(3)17-12)9-14(19)11-7-5-10(2)6-8-11/h5-8H,4,9H2,1-3H3. The van der Waals surface area contributed by atoms with Crippen LogP contribution in [-0.4, -0.2) is 15.6 Å². The first kappa shape index (κ1) is 14.0. The van der Waals surface area contributed by atoms with Crippen molar-refractivity contribution in [2.45, 2.75) is 26.7 Å². The molecule has 19 heavy (non-hydrogen) atoms. The Hall–Kier alpha value is -1.42. The van der Waals surface area contributed by atoms with Crippen LogP contribution in [0.2, 0.25) is 0 Å². The third kappa shape index (κ3) is 2.95. The van der Waals surface area contributed by atoms with Crippen LogP contribution in [0.3, 0.4) is 0 Å². The molecule has 3 nitrogen and oxygen atoms in total. The zero-order valence-electron chi connectivity index (χ0n) is 11.4. The Kier molecular flexibility index (Phi) is 4.20. The molecule has 0 unspecified atom stereocenters. The third-order valence-electron chi connectivity index (χ3n) is 3.20. The van der Waals surface area contributed by atoms with E-state index in [1.807, 2.05) is 38.2 Å². The van der Waals surface area contributed by atoms with Gasteiger partial charge in [-0.15, -0.1) is 0 Å². The van der Waals surface area contributed by atoms with E-state index < -0.39 is 0 Å². The average Bonchev–Trinajstić information content (AvgIpc) is 2.67. The van der Waals surface area contributed by atoms with Gasteiger partial charge in [-0.3, -0.25) is 9.48 Å². The van der Waals surface area contributed by atoms with Crippen molar-refractivity contribution < 1.29 is 4.79 Å². The summed E-state index contributed by atoms with van der Waals surface area (Å²) in [5.41, 5.74) is 3.83. The van der Waals surface area contributed by atoms with Crippen molar-refractivity contribution in [3.05, 3.63) is 51.3 Å². The van der Waals surface area contributed by atoms with Crippen LogP contribution >= 0.6 is 15.9 Å². The summed E-state index contributed by atoms with van der Waals surface area (Å²) >= 11 is 3.54. The van der Waals surface area contributed by atoms with Gasteiger partial charge in [0.15, 0.2) is 5.78 Å². The molecule has 2 aromatic rings. The van der Waals surface area contributed by atoms with Crippen molar-refractivity contribution in [1.82, 2.24) is 9.78 Å². The van der Waals surface area contributed by atoms with Gasteiger partial charge in [0.05, 0.1) is 22.3 Å². The number of carbonyl (C=O) groups excluding carboxylic acids is 1. The molecule has 0 aliphatic rings. The first-order chi connectivity index (χ1) is 9.02. The van der Waals surface area contributed by atoms with Crippen LogP contribution in [-0.2, 0) is 19.9 Å². The number of Topliss-reactive ketones (excluding diaryl/α,β-unsaturated/α-hetero) is 1.